The van der Waals surface area contributed by atoms with E-state index < -0.39 is 0 Å². The van der Waals surface area contributed by atoms with E-state index in [0.29, 0.717) is 18.8 Å². The van der Waals surface area contributed by atoms with Gasteiger partial charge in [-0.2, -0.15) is 0 Å². The van der Waals surface area contributed by atoms with Gasteiger partial charge >= 0.3 is 0 Å². The number of ether oxygens (including phenoxy) is 2. The van der Waals surface area contributed by atoms with Crippen LogP contribution in [0, 0.1) is 6.92 Å². The quantitative estimate of drug-likeness (QED) is 0.796. The molecule has 1 atom stereocenters. The zero-order valence-corrected chi connectivity index (χ0v) is 14.8. The minimum atomic E-state index is -0.276. The van der Waals surface area contributed by atoms with Gasteiger partial charge in [0.1, 0.15) is 0 Å². The second-order valence-electron chi connectivity index (χ2n) is 5.77. The number of pyridine rings is 1. The molecule has 6 heteroatoms. The highest BCUT2D eigenvalue weighted by atomic mass is 16.5. The maximum absolute atomic E-state index is 12.1. The summed E-state index contributed by atoms with van der Waals surface area (Å²) >= 11 is 0. The molecule has 134 valence electrons. The molecule has 25 heavy (non-hydrogen) atoms. The predicted molar refractivity (Wildman–Crippen MR) is 95.8 cm³/mol. The lowest BCUT2D eigenvalue weighted by Gasteiger charge is -2.16. The minimum Gasteiger partial charge on any atom is -0.478 e. The first-order chi connectivity index (χ1) is 12.0. The maximum Gasteiger partial charge on any atom is 0.258 e. The first-order valence-corrected chi connectivity index (χ1v) is 8.19. The Kier molecular flexibility index (Phi) is 6.77. The van der Waals surface area contributed by atoms with Crippen molar-refractivity contribution in [1.29, 1.82) is 0 Å². The van der Waals surface area contributed by atoms with Gasteiger partial charge in [-0.1, -0.05) is 30.3 Å². The lowest BCUT2D eigenvalue weighted by molar-refractivity contribution is -0.123. The average Bonchev–Trinajstić information content (AvgIpc) is 2.61. The second kappa shape index (κ2) is 9.03. The fraction of sp³-hybridized carbons (Fsp3) is 0.368. The van der Waals surface area contributed by atoms with Crippen LogP contribution in [0.5, 0.6) is 5.75 Å². The van der Waals surface area contributed by atoms with E-state index in [1.807, 2.05) is 41.8 Å². The molecular formula is C19H24N2O4. The van der Waals surface area contributed by atoms with Crippen LogP contribution < -0.4 is 15.5 Å². The summed E-state index contributed by atoms with van der Waals surface area (Å²) in [6.45, 7) is 4.62. The molecule has 0 aliphatic carbocycles. The van der Waals surface area contributed by atoms with Crippen LogP contribution in [-0.2, 0) is 16.1 Å². The lowest BCUT2D eigenvalue weighted by Crippen LogP contribution is -2.32. The third-order valence-electron chi connectivity index (χ3n) is 3.95. The fourth-order valence-electron chi connectivity index (χ4n) is 2.51. The van der Waals surface area contributed by atoms with Gasteiger partial charge in [0.2, 0.25) is 5.43 Å². The number of rotatable bonds is 8. The van der Waals surface area contributed by atoms with Crippen LogP contribution in [-0.4, -0.2) is 30.8 Å². The molecular weight excluding hydrogens is 320 g/mol. The average molecular weight is 344 g/mol. The third kappa shape index (κ3) is 5.19. The highest BCUT2D eigenvalue weighted by molar-refractivity contribution is 5.78. The number of nitrogens with one attached hydrogen (secondary N) is 1. The Morgan fingerprint density at radius 3 is 2.64 bits per heavy atom. The smallest absolute Gasteiger partial charge is 0.258 e. The van der Waals surface area contributed by atoms with Crippen molar-refractivity contribution < 1.29 is 14.3 Å². The summed E-state index contributed by atoms with van der Waals surface area (Å²) in [5.41, 5.74) is 1.44. The van der Waals surface area contributed by atoms with E-state index in [1.165, 1.54) is 6.07 Å². The molecule has 0 unspecified atom stereocenters. The Bertz CT molecular complexity index is 756. The SMILES string of the molecule is COCCn1ccc(=O)c(OCC(=O)N[C@H](C)c2ccccc2)c1C. The Hall–Kier alpha value is -2.60. The maximum atomic E-state index is 12.1. The molecule has 0 saturated heterocycles. The summed E-state index contributed by atoms with van der Waals surface area (Å²) in [6, 6.07) is 11.0. The fourth-order valence-corrected chi connectivity index (χ4v) is 2.51. The van der Waals surface area contributed by atoms with Gasteiger partial charge in [0.25, 0.3) is 5.91 Å². The van der Waals surface area contributed by atoms with Gasteiger partial charge < -0.3 is 19.4 Å². The van der Waals surface area contributed by atoms with Gasteiger partial charge in [-0.15, -0.1) is 0 Å². The van der Waals surface area contributed by atoms with Crippen molar-refractivity contribution in [1.82, 2.24) is 9.88 Å². The molecule has 1 N–H and O–H groups in total. The highest BCUT2D eigenvalue weighted by Crippen LogP contribution is 2.13. The molecule has 0 saturated carbocycles. The normalized spacial score (nSPS) is 11.8. The molecule has 1 amide bonds. The molecule has 2 rings (SSSR count). The number of benzene rings is 1. The van der Waals surface area contributed by atoms with Crippen LogP contribution in [0.25, 0.3) is 0 Å². The molecule has 0 radical (unpaired) electrons. The molecule has 2 aromatic rings. The van der Waals surface area contributed by atoms with Crippen molar-refractivity contribution in [3.63, 3.8) is 0 Å². The summed E-state index contributed by atoms with van der Waals surface area (Å²) in [7, 11) is 1.62. The molecule has 1 heterocycles. The number of aromatic nitrogens is 1. The monoisotopic (exact) mass is 344 g/mol. The van der Waals surface area contributed by atoms with Crippen LogP contribution in [0.1, 0.15) is 24.2 Å². The Labute approximate surface area is 147 Å². The molecule has 0 aliphatic rings. The molecule has 1 aromatic heterocycles. The van der Waals surface area contributed by atoms with Gasteiger partial charge in [-0.05, 0) is 19.4 Å². The number of amides is 1. The zero-order chi connectivity index (χ0) is 18.2. The van der Waals surface area contributed by atoms with Crippen LogP contribution in [0.4, 0.5) is 0 Å². The Morgan fingerprint density at radius 1 is 1.24 bits per heavy atom. The van der Waals surface area contributed by atoms with Crippen molar-refractivity contribution >= 4 is 5.91 Å². The molecule has 0 bridgehead atoms. The van der Waals surface area contributed by atoms with Crippen LogP contribution in [0.15, 0.2) is 47.4 Å². The summed E-state index contributed by atoms with van der Waals surface area (Å²) in [5, 5.41) is 2.86. The van der Waals surface area contributed by atoms with Crippen molar-refractivity contribution in [2.45, 2.75) is 26.4 Å². The molecule has 6 nitrogen and oxygen atoms in total. The first kappa shape index (κ1) is 18.7. The summed E-state index contributed by atoms with van der Waals surface area (Å²) in [5.74, 6) is -0.0800. The van der Waals surface area contributed by atoms with E-state index >= 15 is 0 Å². The van der Waals surface area contributed by atoms with E-state index in [0.717, 1.165) is 5.56 Å². The van der Waals surface area contributed by atoms with Crippen LogP contribution in [0.3, 0.4) is 0 Å². The number of hydrogen-bond acceptors (Lipinski definition) is 4. The van der Waals surface area contributed by atoms with Gasteiger partial charge in [0.15, 0.2) is 12.4 Å². The van der Waals surface area contributed by atoms with Crippen molar-refractivity contribution in [3.05, 3.63) is 64.1 Å². The third-order valence-corrected chi connectivity index (χ3v) is 3.95. The summed E-state index contributed by atoms with van der Waals surface area (Å²) in [6.07, 6.45) is 1.70. The zero-order valence-electron chi connectivity index (χ0n) is 14.8. The largest absolute Gasteiger partial charge is 0.478 e. The number of methoxy groups -OCH3 is 1. The van der Waals surface area contributed by atoms with Gasteiger partial charge in [0, 0.05) is 25.9 Å². The molecule has 0 aliphatic heterocycles. The number of carbonyl (C=O) groups is 1. The van der Waals surface area contributed by atoms with Crippen molar-refractivity contribution in [3.8, 4) is 5.75 Å². The van der Waals surface area contributed by atoms with E-state index in [2.05, 4.69) is 5.32 Å². The lowest BCUT2D eigenvalue weighted by atomic mass is 10.1. The molecule has 0 fully saturated rings. The number of carbonyl (C=O) groups excluding carboxylic acids is 1. The van der Waals surface area contributed by atoms with Gasteiger partial charge in [-0.3, -0.25) is 9.59 Å². The minimum absolute atomic E-state index is 0.132. The Morgan fingerprint density at radius 2 is 1.96 bits per heavy atom. The van der Waals surface area contributed by atoms with Crippen LogP contribution >= 0.6 is 0 Å². The topological polar surface area (TPSA) is 69.6 Å². The summed E-state index contributed by atoms with van der Waals surface area (Å²) in [4.78, 5) is 24.1. The first-order valence-electron chi connectivity index (χ1n) is 8.19. The van der Waals surface area contributed by atoms with Crippen molar-refractivity contribution in [2.24, 2.45) is 0 Å². The summed E-state index contributed by atoms with van der Waals surface area (Å²) < 4.78 is 12.4. The van der Waals surface area contributed by atoms with Crippen molar-refractivity contribution in [2.75, 3.05) is 20.3 Å². The van der Waals surface area contributed by atoms with E-state index in [1.54, 1.807) is 20.2 Å². The predicted octanol–water partition coefficient (Wildman–Crippen LogP) is 2.06. The van der Waals surface area contributed by atoms with Gasteiger partial charge in [-0.25, -0.2) is 0 Å². The molecule has 0 spiro atoms. The van der Waals surface area contributed by atoms with E-state index in [4.69, 9.17) is 9.47 Å². The second-order valence-corrected chi connectivity index (χ2v) is 5.77. The number of nitrogens with zero attached hydrogens (tertiary/aromatic N) is 1. The van der Waals surface area contributed by atoms with Crippen LogP contribution in [0.2, 0.25) is 0 Å². The number of hydrogen-bond donors (Lipinski definition) is 1. The Balaban J connectivity index is 1.98. The van der Waals surface area contributed by atoms with E-state index in [-0.39, 0.29) is 29.7 Å². The van der Waals surface area contributed by atoms with Gasteiger partial charge in [0.05, 0.1) is 18.3 Å². The molecule has 1 aromatic carbocycles. The highest BCUT2D eigenvalue weighted by Gasteiger charge is 2.13. The standard InChI is InChI=1S/C19H24N2O4/c1-14(16-7-5-4-6-8-16)20-18(23)13-25-19-15(2)21(11-12-24-3)10-9-17(19)22/h4-10,14H,11-13H2,1-3H3,(H,20,23)/t14-/m1/s1. The van der Waals surface area contributed by atoms with E-state index in [9.17, 15) is 9.59 Å².